The first-order chi connectivity index (χ1) is 12.8. The van der Waals surface area contributed by atoms with E-state index in [9.17, 15) is 4.79 Å². The molecule has 1 amide bonds. The van der Waals surface area contributed by atoms with Crippen molar-refractivity contribution in [3.8, 4) is 5.75 Å². The lowest BCUT2D eigenvalue weighted by Gasteiger charge is -2.25. The molecule has 26 heavy (non-hydrogen) atoms. The molecule has 5 nitrogen and oxygen atoms in total. The van der Waals surface area contributed by atoms with E-state index in [2.05, 4.69) is 27.3 Å². The molecule has 5 heteroatoms. The second-order valence-electron chi connectivity index (χ2n) is 6.70. The molecule has 138 valence electrons. The molecule has 2 heterocycles. The fourth-order valence-electron chi connectivity index (χ4n) is 3.44. The average molecular weight is 353 g/mol. The number of ether oxygens (including phenoxy) is 1. The van der Waals surface area contributed by atoms with Crippen molar-refractivity contribution in [2.75, 3.05) is 20.2 Å². The smallest absolute Gasteiger partial charge is 0.222 e. The number of rotatable bonds is 9. The first kappa shape index (κ1) is 18.4. The third-order valence-electron chi connectivity index (χ3n) is 4.99. The summed E-state index contributed by atoms with van der Waals surface area (Å²) in [4.78, 5) is 18.3. The Morgan fingerprint density at radius 2 is 1.92 bits per heavy atom. The van der Waals surface area contributed by atoms with Crippen molar-refractivity contribution in [1.82, 2.24) is 15.2 Å². The number of nitrogens with zero attached hydrogens (tertiary/aromatic N) is 2. The largest absolute Gasteiger partial charge is 0.497 e. The monoisotopic (exact) mass is 353 g/mol. The number of likely N-dealkylation sites (tertiary alicyclic amines) is 1. The van der Waals surface area contributed by atoms with Gasteiger partial charge in [-0.05, 0) is 61.2 Å². The van der Waals surface area contributed by atoms with Crippen molar-refractivity contribution in [2.24, 2.45) is 0 Å². The van der Waals surface area contributed by atoms with Crippen LogP contribution < -0.4 is 10.1 Å². The van der Waals surface area contributed by atoms with Crippen molar-refractivity contribution < 1.29 is 9.53 Å². The summed E-state index contributed by atoms with van der Waals surface area (Å²) in [5.41, 5.74) is 2.47. The molecule has 0 bridgehead atoms. The molecule has 0 unspecified atom stereocenters. The Kier molecular flexibility index (Phi) is 6.61. The quantitative estimate of drug-likeness (QED) is 0.705. The number of amides is 1. The molecule has 1 aromatic heterocycles. The van der Waals surface area contributed by atoms with E-state index in [1.807, 2.05) is 36.7 Å². The van der Waals surface area contributed by atoms with Crippen molar-refractivity contribution in [1.29, 1.82) is 0 Å². The summed E-state index contributed by atoms with van der Waals surface area (Å²) in [5, 5.41) is 3.49. The summed E-state index contributed by atoms with van der Waals surface area (Å²) in [6, 6.07) is 12.5. The topological polar surface area (TPSA) is 54.5 Å². The molecule has 0 radical (unpaired) electrons. The lowest BCUT2D eigenvalue weighted by Crippen LogP contribution is -2.36. The highest BCUT2D eigenvalue weighted by atomic mass is 16.5. The van der Waals surface area contributed by atoms with Crippen molar-refractivity contribution >= 4 is 5.91 Å². The van der Waals surface area contributed by atoms with Gasteiger partial charge in [-0.2, -0.15) is 0 Å². The number of benzene rings is 1. The fourth-order valence-corrected chi connectivity index (χ4v) is 3.44. The number of carbonyl (C=O) groups is 1. The number of carbonyl (C=O) groups excluding carboxylic acids is 1. The zero-order valence-corrected chi connectivity index (χ0v) is 15.4. The van der Waals surface area contributed by atoms with E-state index in [4.69, 9.17) is 4.74 Å². The van der Waals surface area contributed by atoms with Crippen LogP contribution in [-0.4, -0.2) is 42.0 Å². The van der Waals surface area contributed by atoms with Crippen molar-refractivity contribution in [2.45, 2.75) is 38.3 Å². The highest BCUT2D eigenvalue weighted by Gasteiger charge is 2.29. The average Bonchev–Trinajstić information content (AvgIpc) is 3.04. The highest BCUT2D eigenvalue weighted by molar-refractivity contribution is 5.78. The predicted molar refractivity (Wildman–Crippen MR) is 102 cm³/mol. The zero-order chi connectivity index (χ0) is 18.2. The van der Waals surface area contributed by atoms with Crippen LogP contribution in [0, 0.1) is 0 Å². The Bertz CT molecular complexity index is 688. The second-order valence-corrected chi connectivity index (χ2v) is 6.70. The fraction of sp³-hybridized carbons (Fsp3) is 0.429. The van der Waals surface area contributed by atoms with E-state index in [1.54, 1.807) is 7.11 Å². The van der Waals surface area contributed by atoms with Crippen LogP contribution in [0.4, 0.5) is 0 Å². The number of pyridine rings is 1. The summed E-state index contributed by atoms with van der Waals surface area (Å²) in [7, 11) is 1.68. The van der Waals surface area contributed by atoms with Gasteiger partial charge in [0.05, 0.1) is 7.11 Å². The SMILES string of the molecule is COc1ccc(CNCC[C@@H]2CCC(=O)N2CCc2ccncc2)cc1. The predicted octanol–water partition coefficient (Wildman–Crippen LogP) is 2.80. The van der Waals surface area contributed by atoms with Gasteiger partial charge in [-0.1, -0.05) is 12.1 Å². The Labute approximate surface area is 155 Å². The second kappa shape index (κ2) is 9.34. The molecule has 0 aliphatic carbocycles. The molecule has 1 atom stereocenters. The lowest BCUT2D eigenvalue weighted by atomic mass is 10.1. The van der Waals surface area contributed by atoms with Gasteiger partial charge in [-0.3, -0.25) is 9.78 Å². The van der Waals surface area contributed by atoms with Crippen LogP contribution in [0.1, 0.15) is 30.4 Å². The minimum absolute atomic E-state index is 0.291. The van der Waals surface area contributed by atoms with Gasteiger partial charge in [-0.15, -0.1) is 0 Å². The van der Waals surface area contributed by atoms with E-state index in [0.29, 0.717) is 18.4 Å². The molecule has 2 aromatic rings. The van der Waals surface area contributed by atoms with Crippen LogP contribution in [0.25, 0.3) is 0 Å². The maximum Gasteiger partial charge on any atom is 0.222 e. The van der Waals surface area contributed by atoms with Gasteiger partial charge in [0.2, 0.25) is 5.91 Å². The number of nitrogens with one attached hydrogen (secondary N) is 1. The Morgan fingerprint density at radius 3 is 2.65 bits per heavy atom. The summed E-state index contributed by atoms with van der Waals surface area (Å²) < 4.78 is 5.18. The number of hydrogen-bond acceptors (Lipinski definition) is 4. The van der Waals surface area contributed by atoms with Crippen LogP contribution in [0.15, 0.2) is 48.8 Å². The van der Waals surface area contributed by atoms with Crippen LogP contribution in [-0.2, 0) is 17.8 Å². The standard InChI is InChI=1S/C21H27N3O2/c1-26-20-5-2-18(3-6-20)16-23-14-10-19-4-7-21(25)24(19)15-11-17-8-12-22-13-9-17/h2-3,5-6,8-9,12-13,19,23H,4,7,10-11,14-16H2,1H3/t19-/m0/s1. The third kappa shape index (κ3) is 5.05. The normalized spacial score (nSPS) is 16.9. The van der Waals surface area contributed by atoms with Crippen LogP contribution in [0.2, 0.25) is 0 Å². The molecule has 1 aliphatic rings. The van der Waals surface area contributed by atoms with Gasteiger partial charge in [0, 0.05) is 37.9 Å². The molecule has 1 saturated heterocycles. The number of aromatic nitrogens is 1. The molecule has 1 aliphatic heterocycles. The van der Waals surface area contributed by atoms with Gasteiger partial charge in [-0.25, -0.2) is 0 Å². The Balaban J connectivity index is 1.41. The molecule has 0 spiro atoms. The molecular weight excluding hydrogens is 326 g/mol. The first-order valence-corrected chi connectivity index (χ1v) is 9.28. The van der Waals surface area contributed by atoms with E-state index < -0.39 is 0 Å². The van der Waals surface area contributed by atoms with Crippen LogP contribution in [0.5, 0.6) is 5.75 Å². The van der Waals surface area contributed by atoms with E-state index in [-0.39, 0.29) is 0 Å². The minimum Gasteiger partial charge on any atom is -0.497 e. The zero-order valence-electron chi connectivity index (χ0n) is 15.4. The highest BCUT2D eigenvalue weighted by Crippen LogP contribution is 2.21. The molecule has 3 rings (SSSR count). The van der Waals surface area contributed by atoms with Gasteiger partial charge in [0.15, 0.2) is 0 Å². The van der Waals surface area contributed by atoms with E-state index >= 15 is 0 Å². The number of methoxy groups -OCH3 is 1. The van der Waals surface area contributed by atoms with Crippen LogP contribution in [0.3, 0.4) is 0 Å². The summed E-state index contributed by atoms with van der Waals surface area (Å²) >= 11 is 0. The van der Waals surface area contributed by atoms with Crippen molar-refractivity contribution in [3.05, 3.63) is 59.9 Å². The Morgan fingerprint density at radius 1 is 1.15 bits per heavy atom. The number of hydrogen-bond donors (Lipinski definition) is 1. The molecule has 1 fully saturated rings. The minimum atomic E-state index is 0.291. The van der Waals surface area contributed by atoms with Crippen LogP contribution >= 0.6 is 0 Å². The lowest BCUT2D eigenvalue weighted by molar-refractivity contribution is -0.129. The van der Waals surface area contributed by atoms with Gasteiger partial charge in [0.1, 0.15) is 5.75 Å². The van der Waals surface area contributed by atoms with Gasteiger partial charge < -0.3 is 15.0 Å². The summed E-state index contributed by atoms with van der Waals surface area (Å²) in [6.07, 6.45) is 7.16. The van der Waals surface area contributed by atoms with E-state index in [1.165, 1.54) is 11.1 Å². The van der Waals surface area contributed by atoms with Gasteiger partial charge in [0.25, 0.3) is 0 Å². The van der Waals surface area contributed by atoms with Crippen molar-refractivity contribution in [3.63, 3.8) is 0 Å². The molecule has 1 aromatic carbocycles. The van der Waals surface area contributed by atoms with Gasteiger partial charge >= 0.3 is 0 Å². The molecular formula is C21H27N3O2. The maximum atomic E-state index is 12.2. The van der Waals surface area contributed by atoms with E-state index in [0.717, 1.165) is 44.6 Å². The third-order valence-corrected chi connectivity index (χ3v) is 4.99. The molecule has 0 saturated carbocycles. The summed E-state index contributed by atoms with van der Waals surface area (Å²) in [6.45, 7) is 2.55. The molecule has 1 N–H and O–H groups in total. The first-order valence-electron chi connectivity index (χ1n) is 9.28. The maximum absolute atomic E-state index is 12.2. The summed E-state index contributed by atoms with van der Waals surface area (Å²) in [5.74, 6) is 1.17. The Hall–Kier alpha value is -2.40.